The highest BCUT2D eigenvalue weighted by Gasteiger charge is 2.23. The van der Waals surface area contributed by atoms with E-state index in [1.807, 2.05) is 0 Å². The van der Waals surface area contributed by atoms with Crippen LogP contribution in [-0.4, -0.2) is 25.0 Å². The molecular formula is C14H28N2O. The number of nitrogens with one attached hydrogen (secondary N) is 2. The maximum Gasteiger partial charge on any atom is 0.221 e. The Morgan fingerprint density at radius 3 is 2.71 bits per heavy atom. The fraction of sp³-hybridized carbons (Fsp3) is 0.929. The summed E-state index contributed by atoms with van der Waals surface area (Å²) < 4.78 is 0. The zero-order chi connectivity index (χ0) is 12.9. The number of hydrogen-bond donors (Lipinski definition) is 2. The predicted octanol–water partition coefficient (Wildman–Crippen LogP) is 2.32. The lowest BCUT2D eigenvalue weighted by Gasteiger charge is -2.29. The summed E-state index contributed by atoms with van der Waals surface area (Å²) in [5.41, 5.74) is 0.295. The highest BCUT2D eigenvalue weighted by molar-refractivity contribution is 5.76. The van der Waals surface area contributed by atoms with Crippen LogP contribution in [0.5, 0.6) is 0 Å². The van der Waals surface area contributed by atoms with Crippen LogP contribution in [0.1, 0.15) is 53.4 Å². The number of carbonyl (C=O) groups excluding carboxylic acids is 1. The van der Waals surface area contributed by atoms with Crippen molar-refractivity contribution < 1.29 is 4.79 Å². The van der Waals surface area contributed by atoms with Gasteiger partial charge in [-0.25, -0.2) is 0 Å². The van der Waals surface area contributed by atoms with Gasteiger partial charge >= 0.3 is 0 Å². The van der Waals surface area contributed by atoms with Crippen molar-refractivity contribution >= 4 is 5.91 Å². The second kappa shape index (κ2) is 6.39. The molecule has 0 aromatic carbocycles. The average molecular weight is 240 g/mol. The Labute approximate surface area is 106 Å². The van der Waals surface area contributed by atoms with Crippen molar-refractivity contribution in [3.63, 3.8) is 0 Å². The summed E-state index contributed by atoms with van der Waals surface area (Å²) >= 11 is 0. The normalized spacial score (nSPS) is 25.6. The van der Waals surface area contributed by atoms with E-state index in [0.717, 1.165) is 19.5 Å². The molecule has 0 bridgehead atoms. The molecule has 0 spiro atoms. The maximum atomic E-state index is 11.8. The third-order valence-electron chi connectivity index (χ3n) is 3.53. The van der Waals surface area contributed by atoms with E-state index >= 15 is 0 Å². The number of hydrogen-bond acceptors (Lipinski definition) is 2. The highest BCUT2D eigenvalue weighted by atomic mass is 16.1. The van der Waals surface area contributed by atoms with Crippen molar-refractivity contribution in [2.45, 2.75) is 59.4 Å². The van der Waals surface area contributed by atoms with Gasteiger partial charge in [-0.05, 0) is 37.1 Å². The molecule has 3 heteroatoms. The summed E-state index contributed by atoms with van der Waals surface area (Å²) in [6.45, 7) is 10.7. The van der Waals surface area contributed by atoms with Gasteiger partial charge in [-0.2, -0.15) is 0 Å². The van der Waals surface area contributed by atoms with Crippen LogP contribution in [0.25, 0.3) is 0 Å². The minimum absolute atomic E-state index is 0.195. The van der Waals surface area contributed by atoms with E-state index in [1.165, 1.54) is 12.8 Å². The van der Waals surface area contributed by atoms with Gasteiger partial charge in [-0.1, -0.05) is 27.7 Å². The molecule has 2 N–H and O–H groups in total. The van der Waals surface area contributed by atoms with Gasteiger partial charge in [0.25, 0.3) is 0 Å². The topological polar surface area (TPSA) is 41.1 Å². The lowest BCUT2D eigenvalue weighted by molar-refractivity contribution is -0.122. The molecular weight excluding hydrogens is 212 g/mol. The van der Waals surface area contributed by atoms with Gasteiger partial charge in [0, 0.05) is 19.0 Å². The Hall–Kier alpha value is -0.570. The smallest absolute Gasteiger partial charge is 0.221 e. The SMILES string of the molecule is CC1CCCNC1CC(=O)NCCC(C)(C)C. The van der Waals surface area contributed by atoms with E-state index in [2.05, 4.69) is 38.3 Å². The van der Waals surface area contributed by atoms with Crippen molar-refractivity contribution in [1.29, 1.82) is 0 Å². The zero-order valence-electron chi connectivity index (χ0n) is 11.8. The molecule has 0 radical (unpaired) electrons. The summed E-state index contributed by atoms with van der Waals surface area (Å²) in [5, 5.41) is 6.47. The molecule has 0 aliphatic carbocycles. The summed E-state index contributed by atoms with van der Waals surface area (Å²) in [6, 6.07) is 0.374. The lowest BCUT2D eigenvalue weighted by atomic mass is 9.90. The summed E-state index contributed by atoms with van der Waals surface area (Å²) in [5.74, 6) is 0.817. The molecule has 1 heterocycles. The van der Waals surface area contributed by atoms with E-state index in [-0.39, 0.29) is 5.91 Å². The van der Waals surface area contributed by atoms with E-state index < -0.39 is 0 Å². The fourth-order valence-corrected chi connectivity index (χ4v) is 2.24. The van der Waals surface area contributed by atoms with E-state index in [9.17, 15) is 4.79 Å². The molecule has 1 aliphatic heterocycles. The first-order chi connectivity index (χ1) is 7.88. The Kier molecular flexibility index (Phi) is 5.44. The molecule has 1 aliphatic rings. The van der Waals surface area contributed by atoms with Crippen LogP contribution < -0.4 is 10.6 Å². The third-order valence-corrected chi connectivity index (χ3v) is 3.53. The predicted molar refractivity (Wildman–Crippen MR) is 71.9 cm³/mol. The standard InChI is InChI=1S/C14H28N2O/c1-11-6-5-8-15-12(11)10-13(17)16-9-7-14(2,3)4/h11-12,15H,5-10H2,1-4H3,(H,16,17). The maximum absolute atomic E-state index is 11.8. The Bertz CT molecular complexity index is 245. The Morgan fingerprint density at radius 1 is 1.41 bits per heavy atom. The summed E-state index contributed by atoms with van der Waals surface area (Å²) in [6.07, 6.45) is 4.15. The van der Waals surface area contributed by atoms with Crippen molar-refractivity contribution in [1.82, 2.24) is 10.6 Å². The lowest BCUT2D eigenvalue weighted by Crippen LogP contribution is -2.43. The van der Waals surface area contributed by atoms with Crippen LogP contribution in [-0.2, 0) is 4.79 Å². The molecule has 1 saturated heterocycles. The fourth-order valence-electron chi connectivity index (χ4n) is 2.24. The molecule has 1 rings (SSSR count). The van der Waals surface area contributed by atoms with Crippen molar-refractivity contribution in [3.05, 3.63) is 0 Å². The van der Waals surface area contributed by atoms with Crippen LogP contribution in [0.2, 0.25) is 0 Å². The molecule has 0 aromatic rings. The Balaban J connectivity index is 2.20. The van der Waals surface area contributed by atoms with Crippen LogP contribution in [0.15, 0.2) is 0 Å². The van der Waals surface area contributed by atoms with E-state index in [0.29, 0.717) is 23.8 Å². The molecule has 1 amide bonds. The minimum atomic E-state index is 0.195. The second-order valence-electron chi connectivity index (χ2n) is 6.54. The molecule has 100 valence electrons. The zero-order valence-corrected chi connectivity index (χ0v) is 11.8. The third kappa shape index (κ3) is 6.06. The van der Waals surface area contributed by atoms with Crippen LogP contribution >= 0.6 is 0 Å². The molecule has 3 nitrogen and oxygen atoms in total. The first kappa shape index (κ1) is 14.5. The van der Waals surface area contributed by atoms with Crippen molar-refractivity contribution in [2.75, 3.05) is 13.1 Å². The number of piperidine rings is 1. The minimum Gasteiger partial charge on any atom is -0.356 e. The van der Waals surface area contributed by atoms with Gasteiger partial charge < -0.3 is 10.6 Å². The average Bonchev–Trinajstić information content (AvgIpc) is 2.19. The van der Waals surface area contributed by atoms with Crippen LogP contribution in [0, 0.1) is 11.3 Å². The molecule has 0 saturated carbocycles. The largest absolute Gasteiger partial charge is 0.356 e. The van der Waals surface area contributed by atoms with Crippen molar-refractivity contribution in [2.24, 2.45) is 11.3 Å². The van der Waals surface area contributed by atoms with Gasteiger partial charge in [0.2, 0.25) is 5.91 Å². The van der Waals surface area contributed by atoms with Gasteiger partial charge in [-0.3, -0.25) is 4.79 Å². The highest BCUT2D eigenvalue weighted by Crippen LogP contribution is 2.19. The summed E-state index contributed by atoms with van der Waals surface area (Å²) in [4.78, 5) is 11.8. The second-order valence-corrected chi connectivity index (χ2v) is 6.54. The van der Waals surface area contributed by atoms with Gasteiger partial charge in [-0.15, -0.1) is 0 Å². The molecule has 17 heavy (non-hydrogen) atoms. The van der Waals surface area contributed by atoms with Gasteiger partial charge in [0.1, 0.15) is 0 Å². The number of amides is 1. The monoisotopic (exact) mass is 240 g/mol. The number of rotatable bonds is 4. The van der Waals surface area contributed by atoms with E-state index in [1.54, 1.807) is 0 Å². The van der Waals surface area contributed by atoms with Crippen LogP contribution in [0.4, 0.5) is 0 Å². The van der Waals surface area contributed by atoms with Gasteiger partial charge in [0.05, 0.1) is 0 Å². The quantitative estimate of drug-likeness (QED) is 0.792. The van der Waals surface area contributed by atoms with Crippen LogP contribution in [0.3, 0.4) is 0 Å². The van der Waals surface area contributed by atoms with E-state index in [4.69, 9.17) is 0 Å². The van der Waals surface area contributed by atoms with Gasteiger partial charge in [0.15, 0.2) is 0 Å². The molecule has 0 aromatic heterocycles. The molecule has 2 unspecified atom stereocenters. The molecule has 1 fully saturated rings. The Morgan fingerprint density at radius 2 is 2.12 bits per heavy atom. The number of carbonyl (C=O) groups is 1. The van der Waals surface area contributed by atoms with Crippen molar-refractivity contribution in [3.8, 4) is 0 Å². The first-order valence-electron chi connectivity index (χ1n) is 6.88. The molecule has 2 atom stereocenters. The first-order valence-corrected chi connectivity index (χ1v) is 6.88. The summed E-state index contributed by atoms with van der Waals surface area (Å²) in [7, 11) is 0.